The van der Waals surface area contributed by atoms with Crippen molar-refractivity contribution in [2.24, 2.45) is 0 Å². The van der Waals surface area contributed by atoms with Crippen LogP contribution >= 0.6 is 56.7 Å². The fourth-order valence-electron chi connectivity index (χ4n) is 13.9. The maximum Gasteiger partial charge on any atom is 0.241 e. The molecule has 1 saturated heterocycles. The van der Waals surface area contributed by atoms with Gasteiger partial charge in [0.15, 0.2) is 81.2 Å². The number of aryl methyl sites for hydroxylation is 3. The van der Waals surface area contributed by atoms with Gasteiger partial charge in [0.2, 0.25) is 35.2 Å². The Morgan fingerprint density at radius 3 is 1.07 bits per heavy atom. The molecular weight excluding hydrogens is 1830 g/mol. The summed E-state index contributed by atoms with van der Waals surface area (Å²) in [5, 5.41) is 45.0. The summed E-state index contributed by atoms with van der Waals surface area (Å²) in [5.41, 5.74) is 12.2. The minimum atomic E-state index is -1.59. The van der Waals surface area contributed by atoms with Crippen LogP contribution in [0.3, 0.4) is 0 Å². The van der Waals surface area contributed by atoms with Crippen molar-refractivity contribution in [1.29, 1.82) is 21.0 Å². The average Bonchev–Trinajstić information content (AvgIpc) is 1.70. The zero-order chi connectivity index (χ0) is 94.1. The second-order valence-electron chi connectivity index (χ2n) is 30.1. The van der Waals surface area contributed by atoms with E-state index in [4.69, 9.17) is 49.5 Å². The van der Waals surface area contributed by atoms with Gasteiger partial charge in [0.25, 0.3) is 0 Å². The van der Waals surface area contributed by atoms with Crippen molar-refractivity contribution in [2.75, 3.05) is 26.2 Å². The summed E-state index contributed by atoms with van der Waals surface area (Å²) in [4.78, 5) is 52.1. The number of thiophene rings is 5. The van der Waals surface area contributed by atoms with E-state index in [1.165, 1.54) is 112 Å². The van der Waals surface area contributed by atoms with E-state index in [2.05, 4.69) is 65.8 Å². The summed E-state index contributed by atoms with van der Waals surface area (Å²) in [6, 6.07) is 74.6. The van der Waals surface area contributed by atoms with Gasteiger partial charge in [0.05, 0.1) is 74.1 Å². The molecule has 0 atom stereocenters. The van der Waals surface area contributed by atoms with Crippen molar-refractivity contribution >= 4 is 108 Å². The number of benzene rings is 9. The highest BCUT2D eigenvalue weighted by molar-refractivity contribution is 7.18. The van der Waals surface area contributed by atoms with Crippen molar-refractivity contribution < 1.29 is 54.8 Å². The minimum absolute atomic E-state index is 0.0100. The molecule has 136 heavy (non-hydrogen) atoms. The fraction of sp³-hybridized carbons (Fsp3) is 0.0971. The van der Waals surface area contributed by atoms with Crippen LogP contribution in [-0.2, 0) is 0 Å². The summed E-state index contributed by atoms with van der Waals surface area (Å²) in [7, 11) is 0. The molecular formula is C103H68F6N16O6S5. The molecule has 11 aromatic heterocycles. The molecule has 0 spiro atoms. The van der Waals surface area contributed by atoms with Crippen molar-refractivity contribution in [3.05, 3.63) is 344 Å². The molecule has 0 radical (unpaired) electrons. The van der Waals surface area contributed by atoms with Crippen LogP contribution in [0.2, 0.25) is 0 Å². The molecule has 668 valence electrons. The lowest BCUT2D eigenvalue weighted by atomic mass is 10.1. The van der Waals surface area contributed by atoms with Gasteiger partial charge in [-0.15, -0.1) is 56.7 Å². The number of nitriles is 4. The van der Waals surface area contributed by atoms with E-state index < -0.39 is 40.7 Å². The summed E-state index contributed by atoms with van der Waals surface area (Å²) in [5.74, 6) is -1.08. The predicted octanol–water partition coefficient (Wildman–Crippen LogP) is 27.3. The van der Waals surface area contributed by atoms with Crippen LogP contribution in [0.15, 0.2) is 270 Å². The number of likely N-dealkylation sites (tertiary alicyclic amines) is 1. The van der Waals surface area contributed by atoms with E-state index in [0.29, 0.717) is 74.9 Å². The summed E-state index contributed by atoms with van der Waals surface area (Å²) < 4.78 is 122. The van der Waals surface area contributed by atoms with Gasteiger partial charge in [0.1, 0.15) is 41.6 Å². The van der Waals surface area contributed by atoms with E-state index in [1.807, 2.05) is 200 Å². The smallest absolute Gasteiger partial charge is 0.241 e. The van der Waals surface area contributed by atoms with E-state index in [9.17, 15) is 26.3 Å². The number of halogens is 6. The van der Waals surface area contributed by atoms with E-state index in [-0.39, 0.29) is 45.7 Å². The molecule has 0 bridgehead atoms. The van der Waals surface area contributed by atoms with Gasteiger partial charge in [-0.05, 0) is 243 Å². The Morgan fingerprint density at radius 1 is 0.316 bits per heavy atom. The molecule has 0 aliphatic carbocycles. The molecule has 22 nitrogen and oxygen atoms in total. The molecule has 0 amide bonds. The minimum Gasteiger partial charge on any atom is -0.492 e. The normalized spacial score (nSPS) is 11.6. The van der Waals surface area contributed by atoms with Gasteiger partial charge in [-0.2, -0.15) is 50.4 Å². The molecule has 1 aliphatic heterocycles. The average molecular weight is 1900 g/mol. The van der Waals surface area contributed by atoms with Crippen LogP contribution < -0.4 is 28.4 Å². The fourth-order valence-corrected chi connectivity index (χ4v) is 17.6. The SMILES string of the molecule is Cc1cc(-c2nc(Oc3ccc(C#N)cc3)c3sccc3n2)ccn1.Cc1cccc(-c2nc(Oc3ccc(C#N)cc3F)c3sccc3n2)c1.Cc1cccc(-c2nc(Oc3ccc(C#N)cc3F)c3sccc3n2)c1.Fc1ccc(Oc2nc(-c3ccccc3)nc3ccsc23)c(F)c1F.N#Cc1ccc(Oc2nc(-c3ccc(OCCN4CCCCC4)cc3)nc3ccsc23)c(F)c1. The zero-order valence-electron chi connectivity index (χ0n) is 71.8. The molecule has 1 fully saturated rings. The first kappa shape index (κ1) is 91.5. The van der Waals surface area contributed by atoms with Gasteiger partial charge in [-0.3, -0.25) is 9.88 Å². The third kappa shape index (κ3) is 22.0. The first-order chi connectivity index (χ1) is 66.3. The van der Waals surface area contributed by atoms with E-state index >= 15 is 0 Å². The molecule has 0 saturated carbocycles. The molecule has 20 aromatic rings. The zero-order valence-corrected chi connectivity index (χ0v) is 75.9. The molecule has 1 aliphatic rings. The lowest BCUT2D eigenvalue weighted by Gasteiger charge is -2.26. The Hall–Kier alpha value is -16.4. The Kier molecular flexibility index (Phi) is 28.6. The standard InChI is InChI=1S/C26H23FN4O2S.2C20H12FN3OS.C19H12N4OS.C18H9F3N2OS/c27-21-16-18(17-28)4-9-23(21)33-26-24-22(10-15-34-24)29-25(30-26)19-5-7-20(8-6-19)32-14-13-31-11-2-1-3-12-31;2*1-12-3-2-4-14(9-12)19-23-16-7-8-26-18(16)20(24-19)25-17-6-5-13(11-22)10-15(17)21;1-12-10-14(6-8-21-12)18-22-16-7-9-25-17(16)19(23-18)24-15-4-2-13(11-20)3-5-15;19-11-6-7-13(15(21)14(11)20)24-18-16-12(8-9-25-16)22-17(23-18)10-4-2-1-3-5-10/h4-10,15-16H,1-3,11-14H2;2*2-10H,1H3;2-10H,1H3;1-9H. The molecule has 21 rings (SSSR count). The number of ether oxygens (including phenoxy) is 6. The number of pyridine rings is 1. The highest BCUT2D eigenvalue weighted by Gasteiger charge is 2.24. The van der Waals surface area contributed by atoms with Gasteiger partial charge in [0, 0.05) is 46.3 Å². The number of aromatic nitrogens is 11. The van der Waals surface area contributed by atoms with E-state index in [1.54, 1.807) is 41.9 Å². The Balaban J connectivity index is 0.000000119. The highest BCUT2D eigenvalue weighted by atomic mass is 32.1. The summed E-state index contributed by atoms with van der Waals surface area (Å²) >= 11 is 7.13. The Morgan fingerprint density at radius 2 is 0.676 bits per heavy atom. The number of fused-ring (bicyclic) bond motifs is 5. The van der Waals surface area contributed by atoms with Crippen molar-refractivity contribution in [1.82, 2.24) is 59.7 Å². The third-order valence-corrected chi connectivity index (χ3v) is 25.0. The topological polar surface area (TPSA) is 296 Å². The second-order valence-corrected chi connectivity index (χ2v) is 34.7. The first-order valence-corrected chi connectivity index (χ1v) is 46.2. The van der Waals surface area contributed by atoms with Gasteiger partial charge in [-0.25, -0.2) is 46.9 Å². The number of piperidine rings is 1. The molecule has 0 N–H and O–H groups in total. The predicted molar refractivity (Wildman–Crippen MR) is 513 cm³/mol. The number of rotatable bonds is 19. The molecule has 12 heterocycles. The molecule has 0 unspecified atom stereocenters. The largest absolute Gasteiger partial charge is 0.492 e. The van der Waals surface area contributed by atoms with Crippen LogP contribution in [0.1, 0.15) is 58.3 Å². The van der Waals surface area contributed by atoms with Crippen molar-refractivity contribution in [3.63, 3.8) is 0 Å². The Bertz CT molecular complexity index is 7790. The van der Waals surface area contributed by atoms with E-state index in [0.717, 1.165) is 141 Å². The summed E-state index contributed by atoms with van der Waals surface area (Å²) in [6.45, 7) is 9.83. The van der Waals surface area contributed by atoms with Gasteiger partial charge >= 0.3 is 0 Å². The van der Waals surface area contributed by atoms with Crippen LogP contribution in [0.5, 0.6) is 63.9 Å². The lowest BCUT2D eigenvalue weighted by Crippen LogP contribution is -2.33. The van der Waals surface area contributed by atoms with Crippen LogP contribution in [-0.4, -0.2) is 86.0 Å². The number of hydrogen-bond donors (Lipinski definition) is 0. The second kappa shape index (κ2) is 42.5. The maximum atomic E-state index is 14.4. The Labute approximate surface area is 792 Å². The van der Waals surface area contributed by atoms with Gasteiger partial charge in [-0.1, -0.05) is 84.3 Å². The van der Waals surface area contributed by atoms with Crippen LogP contribution in [0.4, 0.5) is 26.3 Å². The summed E-state index contributed by atoms with van der Waals surface area (Å²) in [6.07, 6.45) is 5.61. The van der Waals surface area contributed by atoms with Crippen molar-refractivity contribution in [3.8, 4) is 145 Å². The number of nitrogens with zero attached hydrogens (tertiary/aromatic N) is 16. The maximum absolute atomic E-state index is 14.4. The quantitative estimate of drug-likeness (QED) is 0.0536. The van der Waals surface area contributed by atoms with Crippen LogP contribution in [0, 0.1) is 101 Å². The highest BCUT2D eigenvalue weighted by Crippen LogP contribution is 2.42. The first-order valence-electron chi connectivity index (χ1n) is 41.8. The third-order valence-electron chi connectivity index (χ3n) is 20.5. The van der Waals surface area contributed by atoms with Crippen molar-refractivity contribution in [2.45, 2.75) is 40.0 Å². The molecule has 33 heteroatoms. The van der Waals surface area contributed by atoms with Crippen LogP contribution in [0.25, 0.3) is 108 Å². The molecule has 9 aromatic carbocycles. The van der Waals surface area contributed by atoms with Gasteiger partial charge < -0.3 is 28.4 Å². The number of hydrogen-bond acceptors (Lipinski definition) is 27. The lowest BCUT2D eigenvalue weighted by molar-refractivity contribution is 0.183. The monoisotopic (exact) mass is 1900 g/mol.